The molecule has 2 N–H and O–H groups in total. The van der Waals surface area contributed by atoms with Gasteiger partial charge in [0.15, 0.2) is 0 Å². The minimum atomic E-state index is -0.903. The Morgan fingerprint density at radius 3 is 2.61 bits per heavy atom. The van der Waals surface area contributed by atoms with E-state index in [4.69, 9.17) is 10.4 Å². The fraction of sp³-hybridized carbons (Fsp3) is 0.389. The highest BCUT2D eigenvalue weighted by atomic mass is 16.4. The van der Waals surface area contributed by atoms with E-state index in [0.717, 1.165) is 42.3 Å². The van der Waals surface area contributed by atoms with E-state index in [1.54, 1.807) is 6.07 Å². The molecule has 2 unspecified atom stereocenters. The lowest BCUT2D eigenvalue weighted by molar-refractivity contribution is 0.0693. The monoisotopic (exact) mass is 309 g/mol. The molecule has 2 aliphatic rings. The number of para-hydroxylation sites is 1. The van der Waals surface area contributed by atoms with Crippen LogP contribution < -0.4 is 0 Å². The SMILES string of the molecule is N=CN1C2CCC1CC(c1nc3ccccc3cc1C(=O)O)C2. The summed E-state index contributed by atoms with van der Waals surface area (Å²) in [6.45, 7) is 0. The van der Waals surface area contributed by atoms with Gasteiger partial charge in [0.05, 0.1) is 23.1 Å². The fourth-order valence-electron chi connectivity index (χ4n) is 4.26. The second kappa shape index (κ2) is 5.33. The summed E-state index contributed by atoms with van der Waals surface area (Å²) in [5, 5.41) is 18.1. The Bertz CT molecular complexity index is 775. The van der Waals surface area contributed by atoms with Gasteiger partial charge in [-0.2, -0.15) is 0 Å². The van der Waals surface area contributed by atoms with Gasteiger partial charge in [-0.3, -0.25) is 10.4 Å². The van der Waals surface area contributed by atoms with Gasteiger partial charge in [0, 0.05) is 23.4 Å². The standard InChI is InChI=1S/C18H19N3O2/c19-10-21-13-5-6-14(21)8-12(7-13)17-15(18(22)23)9-11-3-1-2-4-16(11)20-17/h1-4,9-10,12-14,19H,5-8H2,(H,22,23). The van der Waals surface area contributed by atoms with Crippen LogP contribution in [0.3, 0.4) is 0 Å². The summed E-state index contributed by atoms with van der Waals surface area (Å²) >= 11 is 0. The molecule has 118 valence electrons. The molecule has 2 bridgehead atoms. The third-order valence-corrected chi connectivity index (χ3v) is 5.31. The highest BCUT2D eigenvalue weighted by Crippen LogP contribution is 2.43. The number of aromatic nitrogens is 1. The average molecular weight is 309 g/mol. The molecule has 2 aliphatic heterocycles. The van der Waals surface area contributed by atoms with Crippen molar-refractivity contribution in [3.8, 4) is 0 Å². The van der Waals surface area contributed by atoms with Crippen LogP contribution in [-0.2, 0) is 0 Å². The number of carboxylic acids is 1. The maximum Gasteiger partial charge on any atom is 0.337 e. The van der Waals surface area contributed by atoms with Crippen molar-refractivity contribution in [2.24, 2.45) is 0 Å². The third-order valence-electron chi connectivity index (χ3n) is 5.31. The third kappa shape index (κ3) is 2.27. The number of carboxylic acid groups (broad SMARTS) is 1. The Labute approximate surface area is 134 Å². The zero-order valence-electron chi connectivity index (χ0n) is 12.8. The van der Waals surface area contributed by atoms with Gasteiger partial charge in [0.25, 0.3) is 0 Å². The Morgan fingerprint density at radius 1 is 1.26 bits per heavy atom. The van der Waals surface area contributed by atoms with Crippen LogP contribution in [-0.4, -0.2) is 39.4 Å². The normalized spacial score (nSPS) is 26.4. The van der Waals surface area contributed by atoms with Crippen LogP contribution in [0.25, 0.3) is 10.9 Å². The average Bonchev–Trinajstić information content (AvgIpc) is 2.81. The maximum atomic E-state index is 11.7. The second-order valence-electron chi connectivity index (χ2n) is 6.55. The fourth-order valence-corrected chi connectivity index (χ4v) is 4.26. The number of piperidine rings is 1. The van der Waals surface area contributed by atoms with Crippen LogP contribution in [0.15, 0.2) is 30.3 Å². The summed E-state index contributed by atoms with van der Waals surface area (Å²) in [4.78, 5) is 18.6. The van der Waals surface area contributed by atoms with Crippen molar-refractivity contribution in [1.82, 2.24) is 9.88 Å². The number of pyridine rings is 1. The van der Waals surface area contributed by atoms with E-state index in [9.17, 15) is 9.90 Å². The summed E-state index contributed by atoms with van der Waals surface area (Å²) in [6.07, 6.45) is 5.40. The first-order valence-corrected chi connectivity index (χ1v) is 8.08. The van der Waals surface area contributed by atoms with Gasteiger partial charge in [-0.25, -0.2) is 4.79 Å². The number of rotatable bonds is 3. The molecule has 1 aromatic carbocycles. The first-order valence-electron chi connectivity index (χ1n) is 8.08. The molecule has 2 fully saturated rings. The Morgan fingerprint density at radius 2 is 1.96 bits per heavy atom. The lowest BCUT2D eigenvalue weighted by atomic mass is 9.85. The molecule has 0 saturated carbocycles. The van der Waals surface area contributed by atoms with E-state index in [2.05, 4.69) is 4.90 Å². The number of benzene rings is 1. The molecule has 2 aromatic rings. The number of hydrogen-bond donors (Lipinski definition) is 2. The minimum Gasteiger partial charge on any atom is -0.478 e. The predicted octanol–water partition coefficient (Wildman–Crippen LogP) is 3.25. The highest BCUT2D eigenvalue weighted by molar-refractivity contribution is 5.94. The molecule has 0 radical (unpaired) electrons. The smallest absolute Gasteiger partial charge is 0.337 e. The van der Waals surface area contributed by atoms with Gasteiger partial charge in [-0.05, 0) is 37.8 Å². The first-order chi connectivity index (χ1) is 11.2. The van der Waals surface area contributed by atoms with E-state index in [1.807, 2.05) is 24.3 Å². The van der Waals surface area contributed by atoms with Crippen molar-refractivity contribution in [1.29, 1.82) is 5.41 Å². The van der Waals surface area contributed by atoms with Crippen LogP contribution >= 0.6 is 0 Å². The van der Waals surface area contributed by atoms with Crippen LogP contribution in [0.1, 0.15) is 47.7 Å². The summed E-state index contributed by atoms with van der Waals surface area (Å²) in [5.41, 5.74) is 1.91. The molecule has 5 heteroatoms. The van der Waals surface area contributed by atoms with Crippen LogP contribution in [0, 0.1) is 5.41 Å². The number of aromatic carboxylic acids is 1. The van der Waals surface area contributed by atoms with Crippen LogP contribution in [0.4, 0.5) is 0 Å². The van der Waals surface area contributed by atoms with Crippen molar-refractivity contribution in [3.63, 3.8) is 0 Å². The second-order valence-corrected chi connectivity index (χ2v) is 6.55. The largest absolute Gasteiger partial charge is 0.478 e. The van der Waals surface area contributed by atoms with Crippen molar-refractivity contribution < 1.29 is 9.90 Å². The lowest BCUT2D eigenvalue weighted by Gasteiger charge is -2.37. The van der Waals surface area contributed by atoms with E-state index >= 15 is 0 Å². The zero-order chi connectivity index (χ0) is 16.0. The Balaban J connectivity index is 1.78. The van der Waals surface area contributed by atoms with Gasteiger partial charge >= 0.3 is 5.97 Å². The summed E-state index contributed by atoms with van der Waals surface area (Å²) in [6, 6.07) is 10.1. The maximum absolute atomic E-state index is 11.7. The molecule has 0 spiro atoms. The number of hydrogen-bond acceptors (Lipinski definition) is 3. The molecule has 3 heterocycles. The van der Waals surface area contributed by atoms with E-state index in [0.29, 0.717) is 17.6 Å². The zero-order valence-corrected chi connectivity index (χ0v) is 12.8. The molecule has 0 aliphatic carbocycles. The van der Waals surface area contributed by atoms with Crippen molar-refractivity contribution in [2.45, 2.75) is 43.7 Å². The summed E-state index contributed by atoms with van der Waals surface area (Å²) in [7, 11) is 0. The van der Waals surface area contributed by atoms with Crippen LogP contribution in [0.2, 0.25) is 0 Å². The predicted molar refractivity (Wildman–Crippen MR) is 88.1 cm³/mol. The Kier molecular flexibility index (Phi) is 3.29. The molecule has 2 saturated heterocycles. The molecule has 1 aromatic heterocycles. The number of nitrogens with one attached hydrogen (secondary N) is 1. The molecular formula is C18H19N3O2. The van der Waals surface area contributed by atoms with Crippen molar-refractivity contribution in [3.05, 3.63) is 41.6 Å². The molecule has 23 heavy (non-hydrogen) atoms. The van der Waals surface area contributed by atoms with Gasteiger partial charge in [-0.15, -0.1) is 0 Å². The van der Waals surface area contributed by atoms with Gasteiger partial charge < -0.3 is 10.0 Å². The highest BCUT2D eigenvalue weighted by Gasteiger charge is 2.41. The number of fused-ring (bicyclic) bond motifs is 3. The number of nitrogens with zero attached hydrogens (tertiary/aromatic N) is 2. The molecule has 2 atom stereocenters. The summed E-state index contributed by atoms with van der Waals surface area (Å²) in [5.74, 6) is -0.737. The van der Waals surface area contributed by atoms with Crippen LogP contribution in [0.5, 0.6) is 0 Å². The van der Waals surface area contributed by atoms with Gasteiger partial charge in [0.2, 0.25) is 0 Å². The van der Waals surface area contributed by atoms with Gasteiger partial charge in [-0.1, -0.05) is 18.2 Å². The number of carbonyl (C=O) groups is 1. The molecule has 4 rings (SSSR count). The summed E-state index contributed by atoms with van der Waals surface area (Å²) < 4.78 is 0. The molecule has 5 nitrogen and oxygen atoms in total. The molecular weight excluding hydrogens is 290 g/mol. The minimum absolute atomic E-state index is 0.166. The van der Waals surface area contributed by atoms with Gasteiger partial charge in [0.1, 0.15) is 0 Å². The van der Waals surface area contributed by atoms with E-state index < -0.39 is 5.97 Å². The van der Waals surface area contributed by atoms with E-state index in [1.165, 1.54) is 6.34 Å². The van der Waals surface area contributed by atoms with E-state index in [-0.39, 0.29) is 5.92 Å². The quantitative estimate of drug-likeness (QED) is 0.674. The topological polar surface area (TPSA) is 77.3 Å². The molecule has 0 amide bonds. The van der Waals surface area contributed by atoms with Crippen molar-refractivity contribution in [2.75, 3.05) is 0 Å². The van der Waals surface area contributed by atoms with Crippen molar-refractivity contribution >= 4 is 23.2 Å². The lowest BCUT2D eigenvalue weighted by Crippen LogP contribution is -2.41. The Hall–Kier alpha value is -2.43. The first kappa shape index (κ1) is 14.2.